The van der Waals surface area contributed by atoms with Gasteiger partial charge >= 0.3 is 0 Å². The van der Waals surface area contributed by atoms with Crippen molar-refractivity contribution in [2.75, 3.05) is 19.8 Å². The molecule has 0 aliphatic heterocycles. The van der Waals surface area contributed by atoms with E-state index in [0.29, 0.717) is 37.1 Å². The summed E-state index contributed by atoms with van der Waals surface area (Å²) in [5.41, 5.74) is 2.90. The van der Waals surface area contributed by atoms with Gasteiger partial charge in [-0.15, -0.1) is 0 Å². The first-order valence-electron chi connectivity index (χ1n) is 8.92. The molecule has 8 heteroatoms. The van der Waals surface area contributed by atoms with E-state index in [2.05, 4.69) is 10.5 Å². The molecule has 0 bridgehead atoms. The van der Waals surface area contributed by atoms with Crippen molar-refractivity contribution in [3.8, 4) is 28.7 Å². The van der Waals surface area contributed by atoms with E-state index in [4.69, 9.17) is 14.2 Å². The highest BCUT2D eigenvalue weighted by Gasteiger charge is 2.18. The summed E-state index contributed by atoms with van der Waals surface area (Å²) in [5.74, 6) is 0.144. The summed E-state index contributed by atoms with van der Waals surface area (Å²) in [4.78, 5) is 12.5. The van der Waals surface area contributed by atoms with Crippen LogP contribution in [0.3, 0.4) is 0 Å². The molecule has 0 unspecified atom stereocenters. The van der Waals surface area contributed by atoms with E-state index in [1.807, 2.05) is 20.8 Å². The predicted molar refractivity (Wildman–Crippen MR) is 105 cm³/mol. The first-order chi connectivity index (χ1) is 13.5. The van der Waals surface area contributed by atoms with Crippen molar-refractivity contribution in [2.24, 2.45) is 5.10 Å². The molecule has 1 amide bonds. The topological polar surface area (TPSA) is 110 Å². The van der Waals surface area contributed by atoms with Crippen LogP contribution in [0.2, 0.25) is 0 Å². The third-order valence-corrected chi connectivity index (χ3v) is 3.59. The van der Waals surface area contributed by atoms with Crippen molar-refractivity contribution in [3.05, 3.63) is 41.5 Å². The Kier molecular flexibility index (Phi) is 7.50. The van der Waals surface area contributed by atoms with E-state index < -0.39 is 5.91 Å². The number of hydrogen-bond donors (Lipinski definition) is 3. The molecule has 0 spiro atoms. The molecule has 0 radical (unpaired) electrons. The van der Waals surface area contributed by atoms with Crippen molar-refractivity contribution in [1.29, 1.82) is 0 Å². The van der Waals surface area contributed by atoms with Gasteiger partial charge in [0.2, 0.25) is 5.75 Å². The Labute approximate surface area is 163 Å². The zero-order valence-corrected chi connectivity index (χ0v) is 16.1. The van der Waals surface area contributed by atoms with E-state index in [9.17, 15) is 15.0 Å². The van der Waals surface area contributed by atoms with Gasteiger partial charge in [0.05, 0.1) is 26.0 Å². The van der Waals surface area contributed by atoms with Gasteiger partial charge in [0.15, 0.2) is 23.0 Å². The number of hydrazone groups is 1. The fraction of sp³-hybridized carbons (Fsp3) is 0.300. The summed E-state index contributed by atoms with van der Waals surface area (Å²) in [5, 5.41) is 23.1. The van der Waals surface area contributed by atoms with Gasteiger partial charge in [0.25, 0.3) is 5.91 Å². The Hall–Kier alpha value is -3.42. The number of nitrogens with zero attached hydrogens (tertiary/aromatic N) is 1. The van der Waals surface area contributed by atoms with Crippen LogP contribution in [0.4, 0.5) is 0 Å². The average molecular weight is 388 g/mol. The zero-order valence-electron chi connectivity index (χ0n) is 16.1. The molecule has 0 saturated heterocycles. The number of hydrogen-bond acceptors (Lipinski definition) is 7. The van der Waals surface area contributed by atoms with Gasteiger partial charge < -0.3 is 24.4 Å². The average Bonchev–Trinajstić information content (AvgIpc) is 2.67. The van der Waals surface area contributed by atoms with E-state index in [1.54, 1.807) is 24.3 Å². The minimum Gasteiger partial charge on any atom is -0.504 e. The van der Waals surface area contributed by atoms with Crippen LogP contribution in [0, 0.1) is 0 Å². The van der Waals surface area contributed by atoms with Crippen molar-refractivity contribution in [2.45, 2.75) is 20.8 Å². The highest BCUT2D eigenvalue weighted by molar-refractivity contribution is 5.96. The van der Waals surface area contributed by atoms with Crippen LogP contribution >= 0.6 is 0 Å². The summed E-state index contributed by atoms with van der Waals surface area (Å²) >= 11 is 0. The predicted octanol–water partition coefficient (Wildman–Crippen LogP) is 3.06. The van der Waals surface area contributed by atoms with Crippen LogP contribution in [-0.4, -0.2) is 42.2 Å². The maximum Gasteiger partial charge on any atom is 0.271 e. The van der Waals surface area contributed by atoms with Gasteiger partial charge in [-0.05, 0) is 45.0 Å². The fourth-order valence-corrected chi connectivity index (χ4v) is 2.40. The molecule has 2 aromatic rings. The molecule has 150 valence electrons. The highest BCUT2D eigenvalue weighted by atomic mass is 16.5. The molecule has 0 aromatic heterocycles. The molecule has 0 aliphatic rings. The number of aromatic hydroxyl groups is 2. The van der Waals surface area contributed by atoms with Crippen LogP contribution in [0.5, 0.6) is 28.7 Å². The van der Waals surface area contributed by atoms with E-state index in [-0.39, 0.29) is 22.6 Å². The van der Waals surface area contributed by atoms with Crippen LogP contribution in [0.15, 0.2) is 35.4 Å². The van der Waals surface area contributed by atoms with Gasteiger partial charge in [-0.3, -0.25) is 4.79 Å². The summed E-state index contributed by atoms with van der Waals surface area (Å²) in [6.07, 6.45) is 1.23. The SMILES string of the molecule is CCOc1cc(C(=O)N/N=C/c2cccc(O)c2O)cc(OCC)c1OCC. The Balaban J connectivity index is 2.26. The van der Waals surface area contributed by atoms with Gasteiger partial charge in [-0.2, -0.15) is 5.10 Å². The van der Waals surface area contributed by atoms with Gasteiger partial charge in [-0.25, -0.2) is 5.43 Å². The second-order valence-corrected chi connectivity index (χ2v) is 5.51. The number of benzene rings is 2. The number of ether oxygens (including phenoxy) is 3. The zero-order chi connectivity index (χ0) is 20.5. The van der Waals surface area contributed by atoms with Gasteiger partial charge in [0, 0.05) is 11.1 Å². The molecular weight excluding hydrogens is 364 g/mol. The molecule has 0 heterocycles. The summed E-state index contributed by atoms with van der Waals surface area (Å²) < 4.78 is 16.8. The maximum absolute atomic E-state index is 12.5. The number of phenols is 2. The van der Waals surface area contributed by atoms with Crippen molar-refractivity contribution >= 4 is 12.1 Å². The molecule has 0 atom stereocenters. The van der Waals surface area contributed by atoms with Crippen LogP contribution < -0.4 is 19.6 Å². The molecule has 2 aromatic carbocycles. The summed E-state index contributed by atoms with van der Waals surface area (Å²) in [7, 11) is 0. The molecule has 28 heavy (non-hydrogen) atoms. The maximum atomic E-state index is 12.5. The Morgan fingerprint density at radius 2 is 1.64 bits per heavy atom. The minimum absolute atomic E-state index is 0.261. The smallest absolute Gasteiger partial charge is 0.271 e. The Bertz CT molecular complexity index is 824. The normalized spacial score (nSPS) is 10.7. The molecule has 0 fully saturated rings. The second-order valence-electron chi connectivity index (χ2n) is 5.51. The standard InChI is InChI=1S/C20H24N2O6/c1-4-26-16-10-14(11-17(27-5-2)19(16)28-6-3)20(25)22-21-12-13-8-7-9-15(23)18(13)24/h7-12,23-24H,4-6H2,1-3H3,(H,22,25)/b21-12+. The third-order valence-electron chi connectivity index (χ3n) is 3.59. The van der Waals surface area contributed by atoms with Crippen molar-refractivity contribution < 1.29 is 29.2 Å². The lowest BCUT2D eigenvalue weighted by Gasteiger charge is -2.16. The number of nitrogens with one attached hydrogen (secondary N) is 1. The highest BCUT2D eigenvalue weighted by Crippen LogP contribution is 2.39. The van der Waals surface area contributed by atoms with Crippen LogP contribution in [0.1, 0.15) is 36.7 Å². The van der Waals surface area contributed by atoms with E-state index >= 15 is 0 Å². The van der Waals surface area contributed by atoms with E-state index in [0.717, 1.165) is 0 Å². The quantitative estimate of drug-likeness (QED) is 0.346. The second kappa shape index (κ2) is 10.1. The Morgan fingerprint density at radius 3 is 2.21 bits per heavy atom. The van der Waals surface area contributed by atoms with Gasteiger partial charge in [0.1, 0.15) is 0 Å². The summed E-state index contributed by atoms with van der Waals surface area (Å²) in [6.45, 7) is 6.71. The molecule has 8 nitrogen and oxygen atoms in total. The van der Waals surface area contributed by atoms with Crippen molar-refractivity contribution in [3.63, 3.8) is 0 Å². The molecular formula is C20H24N2O6. The number of carbonyl (C=O) groups is 1. The molecule has 0 aliphatic carbocycles. The lowest BCUT2D eigenvalue weighted by molar-refractivity contribution is 0.0954. The van der Waals surface area contributed by atoms with Crippen LogP contribution in [-0.2, 0) is 0 Å². The third kappa shape index (κ3) is 5.06. The summed E-state index contributed by atoms with van der Waals surface area (Å²) in [6, 6.07) is 7.53. The fourth-order valence-electron chi connectivity index (χ4n) is 2.40. The van der Waals surface area contributed by atoms with Gasteiger partial charge in [-0.1, -0.05) is 6.07 Å². The lowest BCUT2D eigenvalue weighted by Crippen LogP contribution is -2.18. The molecule has 3 N–H and O–H groups in total. The lowest BCUT2D eigenvalue weighted by atomic mass is 10.1. The monoisotopic (exact) mass is 388 g/mol. The number of rotatable bonds is 9. The number of carbonyl (C=O) groups excluding carboxylic acids is 1. The Morgan fingerprint density at radius 1 is 1.04 bits per heavy atom. The molecule has 0 saturated carbocycles. The minimum atomic E-state index is -0.499. The number of phenolic OH excluding ortho intramolecular Hbond substituents is 2. The van der Waals surface area contributed by atoms with Crippen LogP contribution in [0.25, 0.3) is 0 Å². The van der Waals surface area contributed by atoms with Crippen molar-refractivity contribution in [1.82, 2.24) is 5.43 Å². The molecule has 2 rings (SSSR count). The number of para-hydroxylation sites is 1. The largest absolute Gasteiger partial charge is 0.504 e. The number of amides is 1. The van der Waals surface area contributed by atoms with E-state index in [1.165, 1.54) is 12.3 Å². The first kappa shape index (κ1) is 20.9. The first-order valence-corrected chi connectivity index (χ1v) is 8.92.